The summed E-state index contributed by atoms with van der Waals surface area (Å²) in [6, 6.07) is 8.24. The van der Waals surface area contributed by atoms with Crippen LogP contribution in [0.15, 0.2) is 24.3 Å². The SMILES string of the molecule is CCS(=O)(=O)CCNc1ccc(N2CCCC2)cc1. The summed E-state index contributed by atoms with van der Waals surface area (Å²) in [6.07, 6.45) is 2.55. The molecular weight excluding hydrogens is 260 g/mol. The highest BCUT2D eigenvalue weighted by Gasteiger charge is 2.11. The van der Waals surface area contributed by atoms with Gasteiger partial charge in [0.1, 0.15) is 0 Å². The maximum absolute atomic E-state index is 11.4. The topological polar surface area (TPSA) is 49.4 Å². The summed E-state index contributed by atoms with van der Waals surface area (Å²) in [5, 5.41) is 3.16. The van der Waals surface area contributed by atoms with Crippen molar-refractivity contribution in [2.75, 3.05) is 41.4 Å². The first kappa shape index (κ1) is 14.2. The van der Waals surface area contributed by atoms with Gasteiger partial charge in [-0.1, -0.05) is 6.92 Å². The van der Waals surface area contributed by atoms with Crippen molar-refractivity contribution >= 4 is 21.2 Å². The molecule has 0 radical (unpaired) electrons. The van der Waals surface area contributed by atoms with Gasteiger partial charge in [0, 0.05) is 36.8 Å². The van der Waals surface area contributed by atoms with Crippen LogP contribution in [0.4, 0.5) is 11.4 Å². The zero-order valence-electron chi connectivity index (χ0n) is 11.4. The molecule has 1 heterocycles. The van der Waals surface area contributed by atoms with Crippen LogP contribution in [0.25, 0.3) is 0 Å². The number of hydrogen-bond donors (Lipinski definition) is 1. The molecule has 19 heavy (non-hydrogen) atoms. The fourth-order valence-corrected chi connectivity index (χ4v) is 2.96. The average Bonchev–Trinajstić information content (AvgIpc) is 2.93. The third-order valence-corrected chi connectivity index (χ3v) is 5.23. The lowest BCUT2D eigenvalue weighted by Crippen LogP contribution is -2.18. The van der Waals surface area contributed by atoms with Gasteiger partial charge in [0.25, 0.3) is 0 Å². The zero-order chi connectivity index (χ0) is 13.7. The van der Waals surface area contributed by atoms with Crippen LogP contribution in [0.2, 0.25) is 0 Å². The van der Waals surface area contributed by atoms with E-state index in [9.17, 15) is 8.42 Å². The van der Waals surface area contributed by atoms with Gasteiger partial charge < -0.3 is 10.2 Å². The normalized spacial score (nSPS) is 15.7. The Hall–Kier alpha value is -1.23. The summed E-state index contributed by atoms with van der Waals surface area (Å²) in [5.74, 6) is 0.403. The van der Waals surface area contributed by atoms with E-state index in [-0.39, 0.29) is 11.5 Å². The van der Waals surface area contributed by atoms with Gasteiger partial charge in [0.15, 0.2) is 9.84 Å². The van der Waals surface area contributed by atoms with Gasteiger partial charge in [-0.2, -0.15) is 0 Å². The largest absolute Gasteiger partial charge is 0.384 e. The minimum atomic E-state index is -2.88. The van der Waals surface area contributed by atoms with E-state index in [1.54, 1.807) is 6.92 Å². The third kappa shape index (κ3) is 4.13. The lowest BCUT2D eigenvalue weighted by atomic mass is 10.2. The number of sulfone groups is 1. The Morgan fingerprint density at radius 3 is 2.37 bits per heavy atom. The first-order valence-electron chi connectivity index (χ1n) is 6.90. The lowest BCUT2D eigenvalue weighted by Gasteiger charge is -2.18. The van der Waals surface area contributed by atoms with Gasteiger partial charge in [-0.3, -0.25) is 0 Å². The maximum Gasteiger partial charge on any atom is 0.151 e. The number of hydrogen-bond acceptors (Lipinski definition) is 4. The van der Waals surface area contributed by atoms with E-state index in [0.717, 1.165) is 18.8 Å². The predicted octanol–water partition coefficient (Wildman–Crippen LogP) is 2.13. The van der Waals surface area contributed by atoms with Crippen molar-refractivity contribution in [3.05, 3.63) is 24.3 Å². The summed E-state index contributed by atoms with van der Waals surface area (Å²) in [4.78, 5) is 2.38. The Labute approximate surface area is 115 Å². The van der Waals surface area contributed by atoms with Crippen LogP contribution in [0.1, 0.15) is 19.8 Å². The standard InChI is InChI=1S/C14H22N2O2S/c1-2-19(17,18)12-9-15-13-5-7-14(8-6-13)16-10-3-4-11-16/h5-8,15H,2-4,9-12H2,1H3. The van der Waals surface area contributed by atoms with Crippen molar-refractivity contribution in [3.63, 3.8) is 0 Å². The van der Waals surface area contributed by atoms with E-state index in [1.807, 2.05) is 12.1 Å². The molecule has 1 aliphatic heterocycles. The molecule has 4 nitrogen and oxygen atoms in total. The molecule has 5 heteroatoms. The van der Waals surface area contributed by atoms with Crippen LogP contribution >= 0.6 is 0 Å². The van der Waals surface area contributed by atoms with Gasteiger partial charge in [-0.15, -0.1) is 0 Å². The Balaban J connectivity index is 1.85. The first-order valence-corrected chi connectivity index (χ1v) is 8.72. The van der Waals surface area contributed by atoms with Crippen molar-refractivity contribution in [3.8, 4) is 0 Å². The quantitative estimate of drug-likeness (QED) is 0.868. The number of anilines is 2. The molecule has 106 valence electrons. The molecule has 1 N–H and O–H groups in total. The van der Waals surface area contributed by atoms with Crippen LogP contribution < -0.4 is 10.2 Å². The van der Waals surface area contributed by atoms with E-state index in [4.69, 9.17) is 0 Å². The van der Waals surface area contributed by atoms with E-state index in [1.165, 1.54) is 18.5 Å². The minimum absolute atomic E-state index is 0.192. The minimum Gasteiger partial charge on any atom is -0.384 e. The highest BCUT2D eigenvalue weighted by Crippen LogP contribution is 2.21. The molecule has 0 unspecified atom stereocenters. The molecule has 1 aromatic carbocycles. The summed E-state index contributed by atoms with van der Waals surface area (Å²) >= 11 is 0. The second-order valence-corrected chi connectivity index (χ2v) is 7.38. The van der Waals surface area contributed by atoms with Crippen molar-refractivity contribution in [2.24, 2.45) is 0 Å². The molecule has 0 atom stereocenters. The highest BCUT2D eigenvalue weighted by atomic mass is 32.2. The fraction of sp³-hybridized carbons (Fsp3) is 0.571. The van der Waals surface area contributed by atoms with E-state index in [2.05, 4.69) is 22.3 Å². The molecule has 0 saturated carbocycles. The van der Waals surface area contributed by atoms with Crippen LogP contribution in [0.5, 0.6) is 0 Å². The maximum atomic E-state index is 11.4. The molecule has 0 aliphatic carbocycles. The van der Waals surface area contributed by atoms with Crippen molar-refractivity contribution in [1.29, 1.82) is 0 Å². The van der Waals surface area contributed by atoms with Crippen LogP contribution in [-0.4, -0.2) is 39.6 Å². The Morgan fingerprint density at radius 1 is 1.16 bits per heavy atom. The number of nitrogens with one attached hydrogen (secondary N) is 1. The number of benzene rings is 1. The Kier molecular flexibility index (Phi) is 4.69. The summed E-state index contributed by atoms with van der Waals surface area (Å²) in [5.41, 5.74) is 2.23. The molecule has 0 spiro atoms. The second kappa shape index (κ2) is 6.28. The van der Waals surface area contributed by atoms with Gasteiger partial charge >= 0.3 is 0 Å². The monoisotopic (exact) mass is 282 g/mol. The Bertz CT molecular complexity index is 491. The fourth-order valence-electron chi connectivity index (χ4n) is 2.26. The van der Waals surface area contributed by atoms with Gasteiger partial charge in [-0.25, -0.2) is 8.42 Å². The summed E-state index contributed by atoms with van der Waals surface area (Å²) in [7, 11) is -2.88. The van der Waals surface area contributed by atoms with E-state index >= 15 is 0 Å². The lowest BCUT2D eigenvalue weighted by molar-refractivity contribution is 0.597. The molecule has 1 fully saturated rings. The molecular formula is C14H22N2O2S. The van der Waals surface area contributed by atoms with E-state index < -0.39 is 9.84 Å². The second-order valence-electron chi connectivity index (χ2n) is 4.90. The summed E-state index contributed by atoms with van der Waals surface area (Å²) < 4.78 is 22.7. The number of rotatable bonds is 6. The smallest absolute Gasteiger partial charge is 0.151 e. The predicted molar refractivity (Wildman–Crippen MR) is 80.7 cm³/mol. The van der Waals surface area contributed by atoms with Crippen molar-refractivity contribution in [2.45, 2.75) is 19.8 Å². The van der Waals surface area contributed by atoms with Crippen LogP contribution in [0.3, 0.4) is 0 Å². The summed E-state index contributed by atoms with van der Waals surface area (Å²) in [6.45, 7) is 4.43. The molecule has 0 aromatic heterocycles. The zero-order valence-corrected chi connectivity index (χ0v) is 12.2. The third-order valence-electron chi connectivity index (χ3n) is 3.52. The van der Waals surface area contributed by atoms with Gasteiger partial charge in [0.2, 0.25) is 0 Å². The Morgan fingerprint density at radius 2 is 1.79 bits per heavy atom. The van der Waals surface area contributed by atoms with Crippen LogP contribution in [0, 0.1) is 0 Å². The first-order chi connectivity index (χ1) is 9.11. The molecule has 1 saturated heterocycles. The van der Waals surface area contributed by atoms with Crippen molar-refractivity contribution in [1.82, 2.24) is 0 Å². The van der Waals surface area contributed by atoms with E-state index in [0.29, 0.717) is 6.54 Å². The molecule has 0 amide bonds. The van der Waals surface area contributed by atoms with Crippen LogP contribution in [-0.2, 0) is 9.84 Å². The number of nitrogens with zero attached hydrogens (tertiary/aromatic N) is 1. The van der Waals surface area contributed by atoms with Crippen molar-refractivity contribution < 1.29 is 8.42 Å². The highest BCUT2D eigenvalue weighted by molar-refractivity contribution is 7.91. The average molecular weight is 282 g/mol. The van der Waals surface area contributed by atoms with Gasteiger partial charge in [-0.05, 0) is 37.1 Å². The molecule has 1 aliphatic rings. The molecule has 0 bridgehead atoms. The van der Waals surface area contributed by atoms with Gasteiger partial charge in [0.05, 0.1) is 5.75 Å². The molecule has 2 rings (SSSR count). The molecule has 1 aromatic rings.